The first kappa shape index (κ1) is 20.7. The molecule has 29 heavy (non-hydrogen) atoms. The lowest BCUT2D eigenvalue weighted by molar-refractivity contribution is -0.120. The molecular weight excluding hydrogens is 394 g/mol. The quantitative estimate of drug-likeness (QED) is 0.606. The summed E-state index contributed by atoms with van der Waals surface area (Å²) in [5.41, 5.74) is 1.49. The van der Waals surface area contributed by atoms with Crippen LogP contribution in [0.4, 0.5) is 5.69 Å². The third-order valence-corrected chi connectivity index (χ3v) is 5.77. The van der Waals surface area contributed by atoms with Gasteiger partial charge in [0, 0.05) is 17.3 Å². The average molecular weight is 417 g/mol. The monoisotopic (exact) mass is 417 g/mol. The van der Waals surface area contributed by atoms with Crippen molar-refractivity contribution in [3.8, 4) is 5.75 Å². The number of nitrogens with one attached hydrogen (secondary N) is 3. The predicted molar refractivity (Wildman–Crippen MR) is 108 cm³/mol. The highest BCUT2D eigenvalue weighted by molar-refractivity contribution is 7.92. The second kappa shape index (κ2) is 8.52. The van der Waals surface area contributed by atoms with E-state index in [1.165, 1.54) is 25.3 Å². The van der Waals surface area contributed by atoms with Crippen molar-refractivity contribution in [1.82, 2.24) is 10.6 Å². The number of hydrogen-bond acceptors (Lipinski definition) is 5. The zero-order chi connectivity index (χ0) is 21.0. The first-order chi connectivity index (χ1) is 13.8. The van der Waals surface area contributed by atoms with Crippen molar-refractivity contribution in [2.75, 3.05) is 18.4 Å². The van der Waals surface area contributed by atoms with E-state index in [1.807, 2.05) is 6.92 Å². The average Bonchev–Trinajstić information content (AvgIpc) is 3.51. The SMILES string of the molecule is COc1ccc(C(=O)NCC(=O)NC2CC2)cc1S(=O)(=O)Nc1ccc(C)cc1. The zero-order valence-corrected chi connectivity index (χ0v) is 17.0. The van der Waals surface area contributed by atoms with Gasteiger partial charge in [-0.2, -0.15) is 0 Å². The lowest BCUT2D eigenvalue weighted by Crippen LogP contribution is -2.37. The summed E-state index contributed by atoms with van der Waals surface area (Å²) in [6, 6.07) is 11.1. The number of carbonyl (C=O) groups is 2. The van der Waals surface area contributed by atoms with Gasteiger partial charge in [-0.1, -0.05) is 17.7 Å². The Balaban J connectivity index is 1.77. The molecule has 0 atom stereocenters. The number of methoxy groups -OCH3 is 1. The molecule has 8 nitrogen and oxygen atoms in total. The number of anilines is 1. The molecule has 2 aromatic carbocycles. The highest BCUT2D eigenvalue weighted by atomic mass is 32.2. The number of sulfonamides is 1. The molecule has 0 radical (unpaired) electrons. The lowest BCUT2D eigenvalue weighted by atomic mass is 10.2. The molecular formula is C20H23N3O5S. The van der Waals surface area contributed by atoms with E-state index in [2.05, 4.69) is 15.4 Å². The Kier molecular flexibility index (Phi) is 6.07. The molecule has 1 aliphatic rings. The Bertz CT molecular complexity index is 1010. The van der Waals surface area contributed by atoms with Gasteiger partial charge in [0.1, 0.15) is 10.6 Å². The fourth-order valence-corrected chi connectivity index (χ4v) is 3.88. The number of ether oxygens (including phenoxy) is 1. The van der Waals surface area contributed by atoms with E-state index < -0.39 is 15.9 Å². The van der Waals surface area contributed by atoms with Crippen LogP contribution in [0.5, 0.6) is 5.75 Å². The normalized spacial score (nSPS) is 13.4. The molecule has 0 aliphatic heterocycles. The van der Waals surface area contributed by atoms with Gasteiger partial charge in [0.25, 0.3) is 15.9 Å². The highest BCUT2D eigenvalue weighted by Gasteiger charge is 2.24. The second-order valence-electron chi connectivity index (χ2n) is 6.86. The molecule has 154 valence electrons. The van der Waals surface area contributed by atoms with Crippen LogP contribution in [0, 0.1) is 6.92 Å². The van der Waals surface area contributed by atoms with Crippen LogP contribution in [-0.4, -0.2) is 39.9 Å². The molecule has 1 saturated carbocycles. The molecule has 1 fully saturated rings. The standard InChI is InChI=1S/C20H23N3O5S/c1-13-3-6-16(7-4-13)23-29(26,27)18-11-14(5-10-17(18)28-2)20(25)21-12-19(24)22-15-8-9-15/h3-7,10-11,15,23H,8-9,12H2,1-2H3,(H,21,25)(H,22,24). The van der Waals surface area contributed by atoms with Crippen molar-refractivity contribution in [2.24, 2.45) is 0 Å². The molecule has 1 aliphatic carbocycles. The Morgan fingerprint density at radius 2 is 1.79 bits per heavy atom. The maximum atomic E-state index is 12.8. The Hall–Kier alpha value is -3.07. The van der Waals surface area contributed by atoms with Crippen LogP contribution in [-0.2, 0) is 14.8 Å². The minimum Gasteiger partial charge on any atom is -0.495 e. The summed E-state index contributed by atoms with van der Waals surface area (Å²) in [6.07, 6.45) is 1.90. The van der Waals surface area contributed by atoms with E-state index in [4.69, 9.17) is 4.74 Å². The van der Waals surface area contributed by atoms with Crippen molar-refractivity contribution >= 4 is 27.5 Å². The third-order valence-electron chi connectivity index (χ3n) is 4.37. The lowest BCUT2D eigenvalue weighted by Gasteiger charge is -2.13. The molecule has 3 rings (SSSR count). The molecule has 2 amide bonds. The molecule has 9 heteroatoms. The molecule has 0 spiro atoms. The van der Waals surface area contributed by atoms with Crippen molar-refractivity contribution in [1.29, 1.82) is 0 Å². The van der Waals surface area contributed by atoms with Crippen molar-refractivity contribution in [3.63, 3.8) is 0 Å². The zero-order valence-electron chi connectivity index (χ0n) is 16.2. The van der Waals surface area contributed by atoms with Gasteiger partial charge in [0.05, 0.1) is 13.7 Å². The number of benzene rings is 2. The van der Waals surface area contributed by atoms with Gasteiger partial charge in [-0.3, -0.25) is 14.3 Å². The number of hydrogen-bond donors (Lipinski definition) is 3. The van der Waals surface area contributed by atoms with Gasteiger partial charge >= 0.3 is 0 Å². The van der Waals surface area contributed by atoms with Crippen LogP contribution >= 0.6 is 0 Å². The van der Waals surface area contributed by atoms with Crippen LogP contribution in [0.25, 0.3) is 0 Å². The van der Waals surface area contributed by atoms with Crippen LogP contribution in [0.15, 0.2) is 47.4 Å². The second-order valence-corrected chi connectivity index (χ2v) is 8.51. The summed E-state index contributed by atoms with van der Waals surface area (Å²) >= 11 is 0. The first-order valence-corrected chi connectivity index (χ1v) is 10.6. The number of amides is 2. The van der Waals surface area contributed by atoms with Crippen LogP contribution < -0.4 is 20.1 Å². The molecule has 2 aromatic rings. The molecule has 0 aromatic heterocycles. The summed E-state index contributed by atoms with van der Waals surface area (Å²) in [5.74, 6) is -0.721. The number of carbonyl (C=O) groups excluding carboxylic acids is 2. The minimum absolute atomic E-state index is 0.104. The van der Waals surface area contributed by atoms with E-state index in [0.717, 1.165) is 18.4 Å². The Morgan fingerprint density at radius 1 is 1.10 bits per heavy atom. The largest absolute Gasteiger partial charge is 0.495 e. The topological polar surface area (TPSA) is 114 Å². The molecule has 0 bridgehead atoms. The maximum absolute atomic E-state index is 12.8. The Morgan fingerprint density at radius 3 is 2.41 bits per heavy atom. The van der Waals surface area contributed by atoms with E-state index in [0.29, 0.717) is 5.69 Å². The molecule has 0 unspecified atom stereocenters. The summed E-state index contributed by atoms with van der Waals surface area (Å²) in [7, 11) is -2.65. The fourth-order valence-electron chi connectivity index (χ4n) is 2.63. The molecule has 3 N–H and O–H groups in total. The fraction of sp³-hybridized carbons (Fsp3) is 0.300. The predicted octanol–water partition coefficient (Wildman–Crippen LogP) is 1.81. The highest BCUT2D eigenvalue weighted by Crippen LogP contribution is 2.27. The molecule has 0 heterocycles. The van der Waals surface area contributed by atoms with Gasteiger partial charge in [-0.15, -0.1) is 0 Å². The van der Waals surface area contributed by atoms with Crippen molar-refractivity contribution in [2.45, 2.75) is 30.7 Å². The van der Waals surface area contributed by atoms with E-state index >= 15 is 0 Å². The van der Waals surface area contributed by atoms with E-state index in [-0.39, 0.29) is 34.7 Å². The smallest absolute Gasteiger partial charge is 0.265 e. The van der Waals surface area contributed by atoms with Crippen molar-refractivity contribution in [3.05, 3.63) is 53.6 Å². The summed E-state index contributed by atoms with van der Waals surface area (Å²) < 4.78 is 33.3. The van der Waals surface area contributed by atoms with Gasteiger partial charge in [-0.05, 0) is 50.1 Å². The molecule has 0 saturated heterocycles. The van der Waals surface area contributed by atoms with Crippen LogP contribution in [0.3, 0.4) is 0 Å². The van der Waals surface area contributed by atoms with Crippen LogP contribution in [0.1, 0.15) is 28.8 Å². The number of rotatable bonds is 8. The third kappa shape index (κ3) is 5.47. The summed E-state index contributed by atoms with van der Waals surface area (Å²) in [5, 5.41) is 5.26. The first-order valence-electron chi connectivity index (χ1n) is 9.13. The summed E-state index contributed by atoms with van der Waals surface area (Å²) in [4.78, 5) is 23.9. The Labute approximate surface area is 169 Å². The minimum atomic E-state index is -4.00. The van der Waals surface area contributed by atoms with Crippen molar-refractivity contribution < 1.29 is 22.7 Å². The van der Waals surface area contributed by atoms with E-state index in [1.54, 1.807) is 24.3 Å². The van der Waals surface area contributed by atoms with Gasteiger partial charge in [-0.25, -0.2) is 8.42 Å². The summed E-state index contributed by atoms with van der Waals surface area (Å²) in [6.45, 7) is 1.72. The van der Waals surface area contributed by atoms with Gasteiger partial charge in [0.15, 0.2) is 0 Å². The van der Waals surface area contributed by atoms with Gasteiger partial charge < -0.3 is 15.4 Å². The number of aryl methyl sites for hydroxylation is 1. The van der Waals surface area contributed by atoms with E-state index in [9.17, 15) is 18.0 Å². The maximum Gasteiger partial charge on any atom is 0.265 e. The van der Waals surface area contributed by atoms with Gasteiger partial charge in [0.2, 0.25) is 5.91 Å². The van der Waals surface area contributed by atoms with Crippen LogP contribution in [0.2, 0.25) is 0 Å².